The minimum atomic E-state index is -4.12. The second kappa shape index (κ2) is 34.3. The lowest BCUT2D eigenvalue weighted by Crippen LogP contribution is -2.43. The minimum Gasteiger partial charge on any atom is -0.244 e. The summed E-state index contributed by atoms with van der Waals surface area (Å²) in [7, 11) is 0. The largest absolute Gasteiger partial charge is 0.394 e. The lowest BCUT2D eigenvalue weighted by Gasteiger charge is -2.41. The number of hydrogen-bond donors (Lipinski definition) is 0. The molecule has 0 aromatic carbocycles. The quantitative estimate of drug-likeness (QED) is 0.213. The molecule has 0 nitrogen and oxygen atoms in total. The topological polar surface area (TPSA) is 0 Å². The second-order valence-corrected chi connectivity index (χ2v) is 31.0. The maximum atomic E-state index is 13.2. The van der Waals surface area contributed by atoms with Gasteiger partial charge in [-0.1, -0.05) is 288 Å². The van der Waals surface area contributed by atoms with Crippen LogP contribution in [-0.2, 0) is 0 Å². The Kier molecular flexibility index (Phi) is 41.2. The zero-order valence-electron chi connectivity index (χ0n) is 54.7. The highest BCUT2D eigenvalue weighted by molar-refractivity contribution is 4.89. The molecule has 0 N–H and O–H groups in total. The van der Waals surface area contributed by atoms with Crippen molar-refractivity contribution in [2.45, 2.75) is 339 Å². The molecule has 422 valence electrons. The summed E-state index contributed by atoms with van der Waals surface area (Å²) >= 11 is 0. The van der Waals surface area contributed by atoms with Crippen LogP contribution >= 0.6 is 0 Å². The maximum absolute atomic E-state index is 13.2. The molecule has 4 heteroatoms. The monoisotopic (exact) mass is 983 g/mol. The van der Waals surface area contributed by atoms with E-state index in [-0.39, 0.29) is 17.8 Å². The van der Waals surface area contributed by atoms with Crippen LogP contribution in [0.5, 0.6) is 0 Å². The summed E-state index contributed by atoms with van der Waals surface area (Å²) in [6.07, 6.45) is 8.59. The standard InChI is InChI=1S/C11H21F3.C10H22.C9H17F.C9H20.2C7H16.C6H14.C5H12/c1-7(2)9(8(3)4)10(5,6)11(12,13)14;1-7-10(6,8-2)9(3,4)5;1-8(2)4-6-9(3,10)7-5-8;1-6-8(7-2)9(3,4)5;1-6(2)7(3,4)5;1-5-6-7(2,3)4;1-5-6(2,3)4;1-5(2,3)4/h7-9H,1-6H3;7-8H2,1-6H3;4-7H2,1-3H3;8H,6-7H2,1-5H3;6H,1-5H3;5-6H2,1-4H3;5H2,1-4H3;1-4H3. The van der Waals surface area contributed by atoms with Crippen LogP contribution in [0.4, 0.5) is 17.6 Å². The third kappa shape index (κ3) is 49.3. The van der Waals surface area contributed by atoms with E-state index in [1.165, 1.54) is 58.8 Å². The fourth-order valence-corrected chi connectivity index (χ4v) is 7.65. The van der Waals surface area contributed by atoms with E-state index in [9.17, 15) is 17.6 Å². The Balaban J connectivity index is -0.000000127. The Morgan fingerprint density at radius 3 is 0.794 bits per heavy atom. The van der Waals surface area contributed by atoms with E-state index in [2.05, 4.69) is 208 Å². The van der Waals surface area contributed by atoms with Crippen LogP contribution < -0.4 is 0 Å². The Labute approximate surface area is 432 Å². The first kappa shape index (κ1) is 81.8. The Bertz CT molecular complexity index is 1090. The molecule has 1 saturated carbocycles. The summed E-state index contributed by atoms with van der Waals surface area (Å²) in [5, 5.41) is 0. The van der Waals surface area contributed by atoms with E-state index in [0.29, 0.717) is 43.3 Å². The fraction of sp³-hybridized carbons (Fsp3) is 1.00. The van der Waals surface area contributed by atoms with Gasteiger partial charge in [-0.3, -0.25) is 0 Å². The SMILES string of the molecule is CC(C)(C)C.CC(C)C(C(C)C)C(C)(C)C(F)(F)F.CC(C)C(C)(C)C.CC1(C)CCC(C)(F)CC1.CCC(C)(C)C.CCC(C)(CC)C(C)(C)C.CCC(CC)C(C)(C)C.CCCC(C)(C)C. The highest BCUT2D eigenvalue weighted by atomic mass is 19.4. The maximum Gasteiger partial charge on any atom is 0.394 e. The van der Waals surface area contributed by atoms with Crippen LogP contribution in [-0.4, -0.2) is 11.8 Å². The highest BCUT2D eigenvalue weighted by Gasteiger charge is 2.53. The van der Waals surface area contributed by atoms with Crippen molar-refractivity contribution in [2.75, 3.05) is 0 Å². The molecule has 0 aromatic rings. The first-order valence-electron chi connectivity index (χ1n) is 28.1. The minimum absolute atomic E-state index is 0.0478. The summed E-state index contributed by atoms with van der Waals surface area (Å²) in [4.78, 5) is 0. The number of halogens is 4. The van der Waals surface area contributed by atoms with Gasteiger partial charge in [0.15, 0.2) is 0 Å². The summed E-state index contributed by atoms with van der Waals surface area (Å²) in [5.41, 5.74) is 1.51. The van der Waals surface area contributed by atoms with E-state index in [4.69, 9.17) is 0 Å². The van der Waals surface area contributed by atoms with Crippen LogP contribution in [0, 0.1) is 78.3 Å². The predicted molar refractivity (Wildman–Crippen MR) is 310 cm³/mol. The molecule has 0 aromatic heterocycles. The number of alkyl halides is 4. The molecule has 1 aliphatic carbocycles. The summed E-state index contributed by atoms with van der Waals surface area (Å²) < 4.78 is 51.6. The van der Waals surface area contributed by atoms with Gasteiger partial charge in [-0.25, -0.2) is 4.39 Å². The normalized spacial score (nSPS) is 15.6. The number of hydrogen-bond acceptors (Lipinski definition) is 0. The molecule has 0 spiro atoms. The molecule has 0 radical (unpaired) electrons. The molecule has 0 amide bonds. The number of rotatable bonds is 8. The Morgan fingerprint density at radius 2 is 0.735 bits per heavy atom. The molecule has 1 aliphatic rings. The van der Waals surface area contributed by atoms with Gasteiger partial charge in [0, 0.05) is 0 Å². The Hall–Kier alpha value is -0.280. The molecule has 1 rings (SSSR count). The lowest BCUT2D eigenvalue weighted by molar-refractivity contribution is -0.239. The van der Waals surface area contributed by atoms with Crippen molar-refractivity contribution in [3.05, 3.63) is 0 Å². The molecule has 0 bridgehead atoms. The van der Waals surface area contributed by atoms with Crippen molar-refractivity contribution in [1.82, 2.24) is 0 Å². The van der Waals surface area contributed by atoms with Gasteiger partial charge in [0.2, 0.25) is 0 Å². The van der Waals surface area contributed by atoms with Crippen molar-refractivity contribution in [3.63, 3.8) is 0 Å². The van der Waals surface area contributed by atoms with Crippen molar-refractivity contribution in [1.29, 1.82) is 0 Å². The molecular weight excluding hydrogens is 845 g/mol. The van der Waals surface area contributed by atoms with E-state index >= 15 is 0 Å². The lowest BCUT2D eigenvalue weighted by atomic mass is 9.65. The first-order chi connectivity index (χ1) is 29.4. The van der Waals surface area contributed by atoms with Crippen molar-refractivity contribution in [3.8, 4) is 0 Å². The smallest absolute Gasteiger partial charge is 0.244 e. The van der Waals surface area contributed by atoms with Gasteiger partial charge < -0.3 is 0 Å². The molecule has 0 unspecified atom stereocenters. The van der Waals surface area contributed by atoms with E-state index in [1.807, 2.05) is 27.7 Å². The van der Waals surface area contributed by atoms with Crippen LogP contribution in [0.2, 0.25) is 0 Å². The average Bonchev–Trinajstić information content (AvgIpc) is 3.07. The third-order valence-electron chi connectivity index (χ3n) is 15.0. The molecule has 0 atom stereocenters. The van der Waals surface area contributed by atoms with Gasteiger partial charge in [-0.15, -0.1) is 0 Å². The van der Waals surface area contributed by atoms with Crippen molar-refractivity contribution < 1.29 is 17.6 Å². The van der Waals surface area contributed by atoms with E-state index < -0.39 is 17.3 Å². The molecule has 0 heterocycles. The van der Waals surface area contributed by atoms with Crippen molar-refractivity contribution in [2.24, 2.45) is 78.3 Å². The molecule has 0 saturated heterocycles. The van der Waals surface area contributed by atoms with Crippen LogP contribution in [0.15, 0.2) is 0 Å². The zero-order valence-corrected chi connectivity index (χ0v) is 54.7. The molecule has 1 fully saturated rings. The fourth-order valence-electron chi connectivity index (χ4n) is 7.65. The van der Waals surface area contributed by atoms with Gasteiger partial charge in [-0.2, -0.15) is 13.2 Å². The molecule has 68 heavy (non-hydrogen) atoms. The van der Waals surface area contributed by atoms with Crippen LogP contribution in [0.1, 0.15) is 327 Å². The van der Waals surface area contributed by atoms with Gasteiger partial charge in [0.1, 0.15) is 5.67 Å². The summed E-state index contributed by atoms with van der Waals surface area (Å²) in [5.74, 6) is 1.46. The van der Waals surface area contributed by atoms with Crippen molar-refractivity contribution >= 4 is 0 Å². The Morgan fingerprint density at radius 1 is 0.456 bits per heavy atom. The van der Waals surface area contributed by atoms with E-state index in [1.54, 1.807) is 6.92 Å². The van der Waals surface area contributed by atoms with Crippen LogP contribution in [0.3, 0.4) is 0 Å². The molecular formula is C64H138F4. The van der Waals surface area contributed by atoms with E-state index in [0.717, 1.165) is 37.5 Å². The highest BCUT2D eigenvalue weighted by Crippen LogP contribution is 2.49. The van der Waals surface area contributed by atoms with Gasteiger partial charge in [-0.05, 0) is 112 Å². The predicted octanol–water partition coefficient (Wildman–Crippen LogP) is 25.2. The van der Waals surface area contributed by atoms with Gasteiger partial charge in [0.05, 0.1) is 5.41 Å². The zero-order chi connectivity index (χ0) is 57.2. The van der Waals surface area contributed by atoms with Crippen LogP contribution in [0.25, 0.3) is 0 Å². The third-order valence-corrected chi connectivity index (χ3v) is 15.0. The summed E-state index contributed by atoms with van der Waals surface area (Å²) in [6.45, 7) is 79.7. The first-order valence-corrected chi connectivity index (χ1v) is 28.1. The second-order valence-electron chi connectivity index (χ2n) is 31.0. The van der Waals surface area contributed by atoms with Gasteiger partial charge in [0.25, 0.3) is 0 Å². The summed E-state index contributed by atoms with van der Waals surface area (Å²) in [6, 6.07) is 0. The van der Waals surface area contributed by atoms with Gasteiger partial charge >= 0.3 is 6.18 Å². The molecule has 0 aliphatic heterocycles. The average molecular weight is 984 g/mol.